The van der Waals surface area contributed by atoms with Gasteiger partial charge in [0.2, 0.25) is 0 Å². The summed E-state index contributed by atoms with van der Waals surface area (Å²) in [5.41, 5.74) is 0.0876. The molecule has 0 heterocycles. The molecule has 1 rings (SSSR count). The van der Waals surface area contributed by atoms with Crippen molar-refractivity contribution < 1.29 is 14.7 Å². The summed E-state index contributed by atoms with van der Waals surface area (Å²) in [4.78, 5) is 23.3. The van der Waals surface area contributed by atoms with Crippen molar-refractivity contribution in [3.8, 4) is 0 Å². The highest BCUT2D eigenvalue weighted by atomic mass is 79.9. The van der Waals surface area contributed by atoms with E-state index in [4.69, 9.17) is 0 Å². The molecule has 1 aliphatic rings. The number of hydrogen-bond acceptors (Lipinski definition) is 3. The Labute approximate surface area is 103 Å². The molecule has 0 bridgehead atoms. The summed E-state index contributed by atoms with van der Waals surface area (Å²) in [5.74, 6) is -0.293. The average molecular weight is 287 g/mol. The second-order valence-electron chi connectivity index (χ2n) is 4.63. The summed E-state index contributed by atoms with van der Waals surface area (Å²) >= 11 is 3.14. The molecule has 16 heavy (non-hydrogen) atoms. The van der Waals surface area contributed by atoms with Crippen LogP contribution in [0.15, 0.2) is 21.7 Å². The minimum absolute atomic E-state index is 0.115. The van der Waals surface area contributed by atoms with Crippen molar-refractivity contribution in [3.63, 3.8) is 0 Å². The van der Waals surface area contributed by atoms with Crippen LogP contribution in [-0.2, 0) is 9.59 Å². The number of hydrogen-bond donors (Lipinski definition) is 1. The number of rotatable bonds is 3. The highest BCUT2D eigenvalue weighted by molar-refractivity contribution is 9.12. The molecule has 0 atom stereocenters. The number of carbonyl (C=O) groups is 2. The van der Waals surface area contributed by atoms with Crippen LogP contribution < -0.4 is 0 Å². The summed E-state index contributed by atoms with van der Waals surface area (Å²) in [5, 5.41) is 9.60. The molecule has 1 aliphatic carbocycles. The highest BCUT2D eigenvalue weighted by Crippen LogP contribution is 2.28. The van der Waals surface area contributed by atoms with E-state index in [1.807, 2.05) is 0 Å². The van der Waals surface area contributed by atoms with Crippen LogP contribution in [0.25, 0.3) is 0 Å². The van der Waals surface area contributed by atoms with E-state index in [-0.39, 0.29) is 11.6 Å². The number of aliphatic hydroxyl groups is 1. The van der Waals surface area contributed by atoms with Crippen LogP contribution in [0.2, 0.25) is 0 Å². The summed E-state index contributed by atoms with van der Waals surface area (Å²) in [6.07, 6.45) is 2.18. The van der Waals surface area contributed by atoms with Crippen LogP contribution in [0.1, 0.15) is 33.6 Å². The van der Waals surface area contributed by atoms with E-state index in [1.165, 1.54) is 6.08 Å². The molecular formula is C12H15BrO3. The van der Waals surface area contributed by atoms with Gasteiger partial charge in [0.05, 0.1) is 10.1 Å². The van der Waals surface area contributed by atoms with Gasteiger partial charge in [-0.2, -0.15) is 0 Å². The number of ketones is 2. The third-order valence-electron chi connectivity index (χ3n) is 2.45. The lowest BCUT2D eigenvalue weighted by Gasteiger charge is -2.19. The van der Waals surface area contributed by atoms with Crippen LogP contribution in [-0.4, -0.2) is 22.3 Å². The number of allylic oxidation sites excluding steroid dienone is 4. The predicted molar refractivity (Wildman–Crippen MR) is 65.3 cm³/mol. The van der Waals surface area contributed by atoms with E-state index in [2.05, 4.69) is 15.9 Å². The molecule has 4 heteroatoms. The summed E-state index contributed by atoms with van der Waals surface area (Å²) in [6.45, 7) is 4.99. The molecule has 0 amide bonds. The van der Waals surface area contributed by atoms with Gasteiger partial charge >= 0.3 is 0 Å². The normalized spacial score (nSPS) is 17.9. The van der Waals surface area contributed by atoms with Crippen molar-refractivity contribution >= 4 is 27.5 Å². The van der Waals surface area contributed by atoms with E-state index < -0.39 is 5.60 Å². The van der Waals surface area contributed by atoms with Gasteiger partial charge < -0.3 is 5.11 Å². The first-order chi connectivity index (χ1) is 7.22. The molecule has 0 unspecified atom stereocenters. The van der Waals surface area contributed by atoms with Crippen molar-refractivity contribution in [1.29, 1.82) is 0 Å². The number of Topliss-reactive ketones (excluding diaryl/α,β-unsaturated/α-hetero) is 1. The average Bonchev–Trinajstić information content (AvgIpc) is 2.13. The Hall–Kier alpha value is -0.740. The molecule has 3 nitrogen and oxygen atoms in total. The monoisotopic (exact) mass is 286 g/mol. The van der Waals surface area contributed by atoms with Gasteiger partial charge in [0, 0.05) is 11.1 Å². The first-order valence-corrected chi connectivity index (χ1v) is 5.90. The zero-order valence-corrected chi connectivity index (χ0v) is 11.2. The topological polar surface area (TPSA) is 54.4 Å². The fraction of sp³-hybridized carbons (Fsp3) is 0.500. The molecule has 0 aromatic carbocycles. The second kappa shape index (κ2) is 4.63. The Morgan fingerprint density at radius 3 is 2.44 bits per heavy atom. The standard InChI is InChI=1S/C12H15BrO3/c1-7-6-9(14)10(13)8(11(7)15)4-5-12(2,3)16/h6,16H,4-5H2,1-3H3. The Kier molecular flexibility index (Phi) is 3.86. The molecule has 0 fully saturated rings. The highest BCUT2D eigenvalue weighted by Gasteiger charge is 2.26. The SMILES string of the molecule is CC1=CC(=O)C(Br)=C(CCC(C)(C)O)C1=O. The lowest BCUT2D eigenvalue weighted by molar-refractivity contribution is -0.115. The maximum absolute atomic E-state index is 11.8. The summed E-state index contributed by atoms with van der Waals surface area (Å²) in [6, 6.07) is 0. The Bertz CT molecular complexity index is 397. The lowest BCUT2D eigenvalue weighted by atomic mass is 9.90. The maximum atomic E-state index is 11.8. The van der Waals surface area contributed by atoms with Crippen molar-refractivity contribution in [2.75, 3.05) is 0 Å². The van der Waals surface area contributed by atoms with Crippen molar-refractivity contribution in [2.45, 2.75) is 39.2 Å². The van der Waals surface area contributed by atoms with E-state index in [1.54, 1.807) is 20.8 Å². The fourth-order valence-corrected chi connectivity index (χ4v) is 1.96. The molecule has 0 aliphatic heterocycles. The van der Waals surface area contributed by atoms with Crippen molar-refractivity contribution in [2.24, 2.45) is 0 Å². The van der Waals surface area contributed by atoms with E-state index >= 15 is 0 Å². The Balaban J connectivity index is 2.89. The van der Waals surface area contributed by atoms with E-state index in [0.717, 1.165) is 0 Å². The zero-order chi connectivity index (χ0) is 12.5. The first kappa shape index (κ1) is 13.3. The quantitative estimate of drug-likeness (QED) is 0.810. The van der Waals surface area contributed by atoms with Gasteiger partial charge in [0.1, 0.15) is 0 Å². The minimum atomic E-state index is -0.835. The molecule has 1 N–H and O–H groups in total. The molecule has 0 saturated heterocycles. The largest absolute Gasteiger partial charge is 0.390 e. The molecule has 0 aromatic heterocycles. The molecule has 0 radical (unpaired) electrons. The Morgan fingerprint density at radius 1 is 1.38 bits per heavy atom. The van der Waals surface area contributed by atoms with Crippen LogP contribution in [0.3, 0.4) is 0 Å². The van der Waals surface area contributed by atoms with E-state index in [0.29, 0.717) is 28.5 Å². The van der Waals surface area contributed by atoms with Crippen LogP contribution in [0, 0.1) is 0 Å². The van der Waals surface area contributed by atoms with Gasteiger partial charge in [-0.1, -0.05) is 0 Å². The van der Waals surface area contributed by atoms with Gasteiger partial charge in [-0.15, -0.1) is 0 Å². The molecule has 0 saturated carbocycles. The molecule has 0 spiro atoms. The molecular weight excluding hydrogens is 272 g/mol. The van der Waals surface area contributed by atoms with Gasteiger partial charge in [-0.05, 0) is 55.6 Å². The van der Waals surface area contributed by atoms with Crippen molar-refractivity contribution in [1.82, 2.24) is 0 Å². The lowest BCUT2D eigenvalue weighted by Crippen LogP contribution is -2.22. The Morgan fingerprint density at radius 2 is 1.94 bits per heavy atom. The number of carbonyl (C=O) groups excluding carboxylic acids is 2. The third-order valence-corrected chi connectivity index (χ3v) is 3.32. The van der Waals surface area contributed by atoms with Gasteiger partial charge in [-0.3, -0.25) is 9.59 Å². The van der Waals surface area contributed by atoms with Gasteiger partial charge in [0.15, 0.2) is 11.6 Å². The van der Waals surface area contributed by atoms with Crippen LogP contribution in [0.4, 0.5) is 0 Å². The van der Waals surface area contributed by atoms with Crippen LogP contribution >= 0.6 is 15.9 Å². The minimum Gasteiger partial charge on any atom is -0.390 e. The van der Waals surface area contributed by atoms with Gasteiger partial charge in [0.25, 0.3) is 0 Å². The summed E-state index contributed by atoms with van der Waals surface area (Å²) in [7, 11) is 0. The first-order valence-electron chi connectivity index (χ1n) is 5.11. The maximum Gasteiger partial charge on any atom is 0.193 e. The smallest absolute Gasteiger partial charge is 0.193 e. The van der Waals surface area contributed by atoms with Crippen LogP contribution in [0.5, 0.6) is 0 Å². The predicted octanol–water partition coefficient (Wildman–Crippen LogP) is 2.28. The zero-order valence-electron chi connectivity index (χ0n) is 9.63. The fourth-order valence-electron chi connectivity index (χ4n) is 1.47. The van der Waals surface area contributed by atoms with Gasteiger partial charge in [-0.25, -0.2) is 0 Å². The van der Waals surface area contributed by atoms with Crippen molar-refractivity contribution in [3.05, 3.63) is 21.7 Å². The number of halogens is 1. The third kappa shape index (κ3) is 3.12. The second-order valence-corrected chi connectivity index (χ2v) is 5.42. The molecule has 88 valence electrons. The molecule has 0 aromatic rings. The summed E-state index contributed by atoms with van der Waals surface area (Å²) < 4.78 is 0.326. The van der Waals surface area contributed by atoms with E-state index in [9.17, 15) is 14.7 Å².